The van der Waals surface area contributed by atoms with E-state index in [-0.39, 0.29) is 11.0 Å². The van der Waals surface area contributed by atoms with Crippen LogP contribution in [0.15, 0.2) is 54.6 Å². The molecule has 1 heterocycles. The summed E-state index contributed by atoms with van der Waals surface area (Å²) in [5.41, 5.74) is 1.83. The van der Waals surface area contributed by atoms with Crippen LogP contribution in [0.1, 0.15) is 11.3 Å². The number of fused-ring (bicyclic) bond motifs is 1. The number of methoxy groups -OCH3 is 2. The highest BCUT2D eigenvalue weighted by molar-refractivity contribution is 6.58. The van der Waals surface area contributed by atoms with Crippen molar-refractivity contribution in [3.63, 3.8) is 0 Å². The van der Waals surface area contributed by atoms with E-state index in [1.165, 1.54) is 6.07 Å². The normalized spacial score (nSPS) is 11.4. The SMILES string of the molecule is COc1ccc(CNc2nnc(C)c3cc(-c4cc(B(O)O)ccc4OC(F)(F)F)ccc23)c(OC)c1. The van der Waals surface area contributed by atoms with Crippen LogP contribution < -0.4 is 25.0 Å². The van der Waals surface area contributed by atoms with Crippen molar-refractivity contribution in [3.05, 3.63) is 65.9 Å². The average Bonchev–Trinajstić information content (AvgIpc) is 2.87. The molecule has 0 saturated carbocycles. The van der Waals surface area contributed by atoms with Gasteiger partial charge in [-0.3, -0.25) is 0 Å². The van der Waals surface area contributed by atoms with Crippen LogP contribution in [0.4, 0.5) is 19.0 Å². The van der Waals surface area contributed by atoms with Gasteiger partial charge in [0.25, 0.3) is 0 Å². The highest BCUT2D eigenvalue weighted by atomic mass is 19.4. The molecule has 3 aromatic carbocycles. The van der Waals surface area contributed by atoms with Gasteiger partial charge in [0.2, 0.25) is 0 Å². The largest absolute Gasteiger partial charge is 0.573 e. The second-order valence-corrected chi connectivity index (χ2v) is 8.10. The smallest absolute Gasteiger partial charge is 0.497 e. The van der Waals surface area contributed by atoms with Crippen molar-refractivity contribution in [3.8, 4) is 28.4 Å². The number of ether oxygens (including phenoxy) is 3. The van der Waals surface area contributed by atoms with E-state index in [1.54, 1.807) is 45.4 Å². The Kier molecular flexibility index (Phi) is 7.41. The molecule has 4 aromatic rings. The molecule has 8 nitrogen and oxygen atoms in total. The van der Waals surface area contributed by atoms with E-state index < -0.39 is 19.2 Å². The molecule has 192 valence electrons. The van der Waals surface area contributed by atoms with Crippen molar-refractivity contribution < 1.29 is 37.4 Å². The minimum atomic E-state index is -4.92. The maximum atomic E-state index is 13.0. The molecule has 37 heavy (non-hydrogen) atoms. The molecule has 1 aromatic heterocycles. The fourth-order valence-electron chi connectivity index (χ4n) is 3.91. The number of benzene rings is 3. The molecule has 0 aliphatic carbocycles. The molecule has 0 aliphatic heterocycles. The molecule has 0 bridgehead atoms. The van der Waals surface area contributed by atoms with Gasteiger partial charge in [0.05, 0.1) is 19.9 Å². The molecule has 0 radical (unpaired) electrons. The zero-order chi connectivity index (χ0) is 26.7. The number of aryl methyl sites for hydroxylation is 1. The number of aromatic nitrogens is 2. The number of halogens is 3. The Morgan fingerprint density at radius 1 is 0.892 bits per heavy atom. The van der Waals surface area contributed by atoms with Crippen molar-refractivity contribution >= 4 is 29.2 Å². The van der Waals surface area contributed by atoms with Crippen LogP contribution in [0.2, 0.25) is 0 Å². The number of anilines is 1. The number of hydrogen-bond acceptors (Lipinski definition) is 8. The van der Waals surface area contributed by atoms with E-state index in [9.17, 15) is 23.2 Å². The summed E-state index contributed by atoms with van der Waals surface area (Å²) in [5, 5.41) is 32.1. The zero-order valence-corrected chi connectivity index (χ0v) is 20.1. The van der Waals surface area contributed by atoms with Crippen molar-refractivity contribution in [1.29, 1.82) is 0 Å². The van der Waals surface area contributed by atoms with Crippen LogP contribution >= 0.6 is 0 Å². The fourth-order valence-corrected chi connectivity index (χ4v) is 3.91. The standard InChI is InChI=1S/C25H23BF3N3O5/c1-14-20-10-15(21-11-17(26(33)34)6-9-22(21)37-25(27,28)29)5-8-19(20)24(32-31-14)30-13-16-4-7-18(35-2)12-23(16)36-3/h4-12,33-34H,13H2,1-3H3,(H,30,32). The van der Waals surface area contributed by atoms with Crippen molar-refractivity contribution in [2.75, 3.05) is 19.5 Å². The summed E-state index contributed by atoms with van der Waals surface area (Å²) in [4.78, 5) is 0. The minimum Gasteiger partial charge on any atom is -0.497 e. The van der Waals surface area contributed by atoms with E-state index in [2.05, 4.69) is 20.3 Å². The summed E-state index contributed by atoms with van der Waals surface area (Å²) in [6.07, 6.45) is -4.92. The Morgan fingerprint density at radius 2 is 1.68 bits per heavy atom. The van der Waals surface area contributed by atoms with E-state index in [0.717, 1.165) is 17.7 Å². The summed E-state index contributed by atoms with van der Waals surface area (Å²) in [7, 11) is 1.26. The Bertz CT molecular complexity index is 1430. The molecule has 12 heteroatoms. The van der Waals surface area contributed by atoms with Gasteiger partial charge in [-0.2, -0.15) is 5.10 Å². The maximum Gasteiger partial charge on any atom is 0.573 e. The molecular weight excluding hydrogens is 490 g/mol. The third-order valence-corrected chi connectivity index (χ3v) is 5.74. The first-order valence-corrected chi connectivity index (χ1v) is 11.1. The lowest BCUT2D eigenvalue weighted by Crippen LogP contribution is -2.30. The lowest BCUT2D eigenvalue weighted by atomic mass is 9.79. The summed E-state index contributed by atoms with van der Waals surface area (Å²) in [6, 6.07) is 13.8. The third kappa shape index (κ3) is 5.87. The second-order valence-electron chi connectivity index (χ2n) is 8.10. The van der Waals surface area contributed by atoms with Gasteiger partial charge >= 0.3 is 13.5 Å². The summed E-state index contributed by atoms with van der Waals surface area (Å²) in [5.74, 6) is 1.28. The highest BCUT2D eigenvalue weighted by Crippen LogP contribution is 2.36. The summed E-state index contributed by atoms with van der Waals surface area (Å²) < 4.78 is 53.9. The van der Waals surface area contributed by atoms with Gasteiger partial charge in [-0.15, -0.1) is 18.3 Å². The first kappa shape index (κ1) is 26.0. The van der Waals surface area contributed by atoms with Gasteiger partial charge < -0.3 is 29.6 Å². The monoisotopic (exact) mass is 513 g/mol. The molecule has 0 saturated heterocycles. The Balaban J connectivity index is 1.73. The molecule has 0 amide bonds. The number of rotatable bonds is 8. The van der Waals surface area contributed by atoms with Crippen molar-refractivity contribution in [2.24, 2.45) is 0 Å². The molecular formula is C25H23BF3N3O5. The predicted molar refractivity (Wildman–Crippen MR) is 133 cm³/mol. The van der Waals surface area contributed by atoms with Crippen LogP contribution in [0, 0.1) is 6.92 Å². The molecule has 3 N–H and O–H groups in total. The van der Waals surface area contributed by atoms with Crippen molar-refractivity contribution in [2.45, 2.75) is 19.8 Å². The van der Waals surface area contributed by atoms with Crippen LogP contribution in [0.3, 0.4) is 0 Å². The third-order valence-electron chi connectivity index (χ3n) is 5.74. The van der Waals surface area contributed by atoms with Crippen LogP contribution in [-0.4, -0.2) is 47.9 Å². The predicted octanol–water partition coefficient (Wildman–Crippen LogP) is 3.81. The molecule has 0 atom stereocenters. The van der Waals surface area contributed by atoms with E-state index in [0.29, 0.717) is 45.9 Å². The van der Waals surface area contributed by atoms with E-state index >= 15 is 0 Å². The van der Waals surface area contributed by atoms with E-state index in [1.807, 2.05) is 12.1 Å². The molecule has 0 aliphatic rings. The van der Waals surface area contributed by atoms with Crippen LogP contribution in [0.25, 0.3) is 21.9 Å². The fraction of sp³-hybridized carbons (Fsp3) is 0.200. The number of alkyl halides is 3. The van der Waals surface area contributed by atoms with Gasteiger partial charge in [-0.05, 0) is 48.3 Å². The first-order chi connectivity index (χ1) is 17.6. The Morgan fingerprint density at radius 3 is 2.35 bits per heavy atom. The quantitative estimate of drug-likeness (QED) is 0.306. The van der Waals surface area contributed by atoms with Crippen LogP contribution in [-0.2, 0) is 6.54 Å². The summed E-state index contributed by atoms with van der Waals surface area (Å²) in [6.45, 7) is 2.10. The van der Waals surface area contributed by atoms with Crippen molar-refractivity contribution in [1.82, 2.24) is 10.2 Å². The molecule has 4 rings (SSSR count). The lowest BCUT2D eigenvalue weighted by molar-refractivity contribution is -0.274. The van der Waals surface area contributed by atoms with E-state index in [4.69, 9.17) is 9.47 Å². The number of nitrogens with zero attached hydrogens (tertiary/aromatic N) is 2. The van der Waals surface area contributed by atoms with Gasteiger partial charge in [-0.1, -0.05) is 18.2 Å². The molecule has 0 spiro atoms. The van der Waals surface area contributed by atoms with Gasteiger partial charge in [-0.25, -0.2) is 0 Å². The Labute approximate surface area is 210 Å². The number of hydrogen-bond donors (Lipinski definition) is 3. The molecule has 0 fully saturated rings. The number of nitrogens with one attached hydrogen (secondary N) is 1. The average molecular weight is 513 g/mol. The zero-order valence-electron chi connectivity index (χ0n) is 20.1. The summed E-state index contributed by atoms with van der Waals surface area (Å²) >= 11 is 0. The topological polar surface area (TPSA) is 106 Å². The van der Waals surface area contributed by atoms with Gasteiger partial charge in [0, 0.05) is 34.5 Å². The van der Waals surface area contributed by atoms with Gasteiger partial charge in [0.1, 0.15) is 17.2 Å². The first-order valence-electron chi connectivity index (χ1n) is 11.1. The van der Waals surface area contributed by atoms with Gasteiger partial charge in [0.15, 0.2) is 5.82 Å². The maximum absolute atomic E-state index is 13.0. The highest BCUT2D eigenvalue weighted by Gasteiger charge is 2.32. The Hall–Kier alpha value is -4.03. The minimum absolute atomic E-state index is 0.0185. The lowest BCUT2D eigenvalue weighted by Gasteiger charge is -2.16. The van der Waals surface area contributed by atoms with Crippen LogP contribution in [0.5, 0.6) is 17.2 Å². The second kappa shape index (κ2) is 10.5. The molecule has 0 unspecified atom stereocenters.